The van der Waals surface area contributed by atoms with Gasteiger partial charge in [0, 0.05) is 39.6 Å². The summed E-state index contributed by atoms with van der Waals surface area (Å²) in [5, 5.41) is 7.53. The number of fused-ring (bicyclic) bond motifs is 6. The normalized spacial score (nSPS) is 16.8. The van der Waals surface area contributed by atoms with E-state index < -0.39 is 0 Å². The second-order valence-corrected chi connectivity index (χ2v) is 19.7. The highest BCUT2D eigenvalue weighted by Gasteiger charge is 2.32. The third-order valence-corrected chi connectivity index (χ3v) is 15.5. The van der Waals surface area contributed by atoms with E-state index in [0.29, 0.717) is 11.8 Å². The van der Waals surface area contributed by atoms with Crippen LogP contribution >= 0.6 is 0 Å². The van der Waals surface area contributed by atoms with Gasteiger partial charge in [0.1, 0.15) is 11.5 Å². The molecule has 3 aliphatic carbocycles. The number of para-hydroxylation sites is 1. The number of benzene rings is 8. The number of hydrogen-bond donors (Lipinski definition) is 0. The van der Waals surface area contributed by atoms with Crippen molar-refractivity contribution in [1.82, 2.24) is 4.57 Å². The minimum Gasteiger partial charge on any atom is -0.460 e. The second kappa shape index (κ2) is 18.0. The fourth-order valence-electron chi connectivity index (χ4n) is 12.0. The smallest absolute Gasteiger partial charge is 0.138 e. The number of rotatable bonds is 9. The van der Waals surface area contributed by atoms with E-state index in [9.17, 15) is 0 Å². The van der Waals surface area contributed by atoms with E-state index in [2.05, 4.69) is 243 Å². The summed E-state index contributed by atoms with van der Waals surface area (Å²) in [5.41, 5.74) is 18.7. The molecule has 0 spiro atoms. The van der Waals surface area contributed by atoms with Crippen LogP contribution in [0.5, 0.6) is 0 Å². The van der Waals surface area contributed by atoms with Crippen LogP contribution in [0.2, 0.25) is 0 Å². The van der Waals surface area contributed by atoms with E-state index in [1.54, 1.807) is 0 Å². The summed E-state index contributed by atoms with van der Waals surface area (Å²) >= 11 is 0. The van der Waals surface area contributed by atoms with Crippen molar-refractivity contribution >= 4 is 55.0 Å². The van der Waals surface area contributed by atoms with E-state index in [-0.39, 0.29) is 0 Å². The molecule has 2 nitrogen and oxygen atoms in total. The molecule has 10 aromatic rings. The highest BCUT2D eigenvalue weighted by Crippen LogP contribution is 2.47. The van der Waals surface area contributed by atoms with Crippen molar-refractivity contribution in [3.8, 4) is 39.1 Å². The predicted molar refractivity (Wildman–Crippen MR) is 301 cm³/mol. The Morgan fingerprint density at radius 3 is 1.93 bits per heavy atom. The maximum atomic E-state index is 7.01. The van der Waals surface area contributed by atoms with Gasteiger partial charge in [0.15, 0.2) is 0 Å². The Bertz CT molecular complexity index is 3900. The maximum Gasteiger partial charge on any atom is 0.138 e. The van der Waals surface area contributed by atoms with Crippen LogP contribution in [0.4, 0.5) is 0 Å². The van der Waals surface area contributed by atoms with Crippen LogP contribution in [-0.4, -0.2) is 4.57 Å². The Morgan fingerprint density at radius 1 is 0.577 bits per heavy atom. The first-order valence-corrected chi connectivity index (χ1v) is 25.6. The van der Waals surface area contributed by atoms with Gasteiger partial charge in [-0.3, -0.25) is 0 Å². The Morgan fingerprint density at radius 2 is 1.23 bits per heavy atom. The molecule has 2 aromatic heterocycles. The van der Waals surface area contributed by atoms with Crippen molar-refractivity contribution in [1.29, 1.82) is 0 Å². The molecular formula is C69H55NO. The minimum atomic E-state index is 0.360. The lowest BCUT2D eigenvalue weighted by Gasteiger charge is -2.27. The predicted octanol–water partition coefficient (Wildman–Crippen LogP) is 18.7. The summed E-state index contributed by atoms with van der Waals surface area (Å²) in [6.45, 7) is 4.51. The van der Waals surface area contributed by atoms with Gasteiger partial charge in [0.05, 0.1) is 11.0 Å². The first kappa shape index (κ1) is 42.9. The molecule has 3 aliphatic rings. The number of furan rings is 1. The molecule has 8 aromatic carbocycles. The molecule has 2 atom stereocenters. The van der Waals surface area contributed by atoms with Crippen molar-refractivity contribution in [3.05, 3.63) is 258 Å². The number of nitrogens with zero attached hydrogens (tertiary/aromatic N) is 1. The molecule has 71 heavy (non-hydrogen) atoms. The van der Waals surface area contributed by atoms with Gasteiger partial charge >= 0.3 is 0 Å². The summed E-state index contributed by atoms with van der Waals surface area (Å²) in [6.07, 6.45) is 25.9. The average molecular weight is 914 g/mol. The zero-order valence-corrected chi connectivity index (χ0v) is 40.4. The third-order valence-electron chi connectivity index (χ3n) is 15.5. The zero-order chi connectivity index (χ0) is 47.4. The van der Waals surface area contributed by atoms with Crippen molar-refractivity contribution in [2.75, 3.05) is 0 Å². The van der Waals surface area contributed by atoms with Gasteiger partial charge in [0.2, 0.25) is 0 Å². The SMILES string of the molecule is CCc1oc2c(c1C=C(C)C1=CC=CCC1)CC(C1C=CC=CC1)C=C2c1ccc2c(c1)c1ccccc1n2-c1ccc(-c2ccc3c(-c4ccccc4)c4ccccc4c(-c4ccccc4)c3c2)cc1. The molecule has 0 amide bonds. The summed E-state index contributed by atoms with van der Waals surface area (Å²) in [7, 11) is 0. The lowest BCUT2D eigenvalue weighted by Crippen LogP contribution is -2.19. The molecule has 0 N–H and O–H groups in total. The largest absolute Gasteiger partial charge is 0.460 e. The van der Waals surface area contributed by atoms with Crippen LogP contribution in [0.25, 0.3) is 94.1 Å². The molecule has 0 fully saturated rings. The van der Waals surface area contributed by atoms with Gasteiger partial charge in [0.25, 0.3) is 0 Å². The first-order valence-electron chi connectivity index (χ1n) is 25.6. The topological polar surface area (TPSA) is 18.1 Å². The Balaban J connectivity index is 0.918. The van der Waals surface area contributed by atoms with E-state index >= 15 is 0 Å². The first-order chi connectivity index (χ1) is 35.1. The van der Waals surface area contributed by atoms with Gasteiger partial charge in [-0.1, -0.05) is 189 Å². The van der Waals surface area contributed by atoms with Crippen molar-refractivity contribution in [2.24, 2.45) is 11.8 Å². The molecule has 0 saturated heterocycles. The third kappa shape index (κ3) is 7.49. The molecule has 2 heterocycles. The van der Waals surface area contributed by atoms with E-state index in [4.69, 9.17) is 4.42 Å². The molecule has 0 bridgehead atoms. The van der Waals surface area contributed by atoms with Crippen molar-refractivity contribution in [2.45, 2.75) is 46.0 Å². The maximum absolute atomic E-state index is 7.01. The molecule has 0 radical (unpaired) electrons. The van der Waals surface area contributed by atoms with Crippen molar-refractivity contribution < 1.29 is 4.42 Å². The Kier molecular flexibility index (Phi) is 10.8. The van der Waals surface area contributed by atoms with E-state index in [0.717, 1.165) is 49.3 Å². The number of hydrogen-bond acceptors (Lipinski definition) is 1. The monoisotopic (exact) mass is 913 g/mol. The molecule has 0 saturated carbocycles. The second-order valence-electron chi connectivity index (χ2n) is 19.7. The van der Waals surface area contributed by atoms with Crippen LogP contribution in [0, 0.1) is 11.8 Å². The molecule has 2 unspecified atom stereocenters. The van der Waals surface area contributed by atoms with Crippen LogP contribution in [0.15, 0.2) is 234 Å². The van der Waals surface area contributed by atoms with Crippen molar-refractivity contribution in [3.63, 3.8) is 0 Å². The molecule has 2 heteroatoms. The summed E-state index contributed by atoms with van der Waals surface area (Å²) in [4.78, 5) is 0. The van der Waals surface area contributed by atoms with Crippen LogP contribution in [0.1, 0.15) is 61.3 Å². The van der Waals surface area contributed by atoms with E-state index in [1.807, 2.05) is 0 Å². The Hall–Kier alpha value is -8.20. The average Bonchev–Trinajstić information content (AvgIpc) is 3.97. The molecule has 342 valence electrons. The highest BCUT2D eigenvalue weighted by molar-refractivity contribution is 6.22. The van der Waals surface area contributed by atoms with Crippen LogP contribution < -0.4 is 0 Å². The summed E-state index contributed by atoms with van der Waals surface area (Å²) in [6, 6.07) is 62.9. The Labute approximate surface area is 416 Å². The lowest BCUT2D eigenvalue weighted by molar-refractivity contribution is 0.454. The summed E-state index contributed by atoms with van der Waals surface area (Å²) < 4.78 is 9.45. The van der Waals surface area contributed by atoms with E-state index in [1.165, 1.54) is 110 Å². The zero-order valence-electron chi connectivity index (χ0n) is 40.4. The molecule has 13 rings (SSSR count). The van der Waals surface area contributed by atoms with Gasteiger partial charge in [-0.2, -0.15) is 0 Å². The number of aryl methyl sites for hydroxylation is 1. The minimum absolute atomic E-state index is 0.360. The van der Waals surface area contributed by atoms with Gasteiger partial charge in [-0.25, -0.2) is 0 Å². The van der Waals surface area contributed by atoms with Crippen LogP contribution in [-0.2, 0) is 12.8 Å². The molecular weight excluding hydrogens is 859 g/mol. The standard InChI is InChI=1S/C69H55NO/c1-3-66-61(40-45(2)46-20-8-4-9-21-46)63-44-53(47-22-10-5-11-23-47)43-59(69(63)71-66)52-35-39-65-60(42-52)55-28-18-19-31-64(55)70(65)54-36-32-48(33-37-54)51-34-38-58-62(41-51)68(50-26-14-7-15-27-50)57-30-17-16-29-56(57)67(58)49-24-12-6-13-25-49/h4-8,10-20,22,24-43,47,53H,3,9,21,23,44H2,1-2H3. The number of allylic oxidation sites excluding steroid dienone is 10. The van der Waals surface area contributed by atoms with Gasteiger partial charge < -0.3 is 8.98 Å². The fraction of sp³-hybridized carbons (Fsp3) is 0.130. The van der Waals surface area contributed by atoms with Gasteiger partial charge in [-0.05, 0) is 159 Å². The molecule has 0 aliphatic heterocycles. The summed E-state index contributed by atoms with van der Waals surface area (Å²) in [5.74, 6) is 2.92. The lowest BCUT2D eigenvalue weighted by atomic mass is 9.76. The van der Waals surface area contributed by atoms with Gasteiger partial charge in [-0.15, -0.1) is 0 Å². The van der Waals surface area contributed by atoms with Crippen LogP contribution in [0.3, 0.4) is 0 Å². The highest BCUT2D eigenvalue weighted by atomic mass is 16.3. The quantitative estimate of drug-likeness (QED) is 0.132. The fourth-order valence-corrected chi connectivity index (χ4v) is 12.0. The number of aromatic nitrogens is 1.